The fraction of sp³-hybridized carbons (Fsp3) is 0.219. The molecule has 0 spiro atoms. The van der Waals surface area contributed by atoms with Gasteiger partial charge in [-0.25, -0.2) is 4.98 Å². The third-order valence-corrected chi connectivity index (χ3v) is 6.97. The van der Waals surface area contributed by atoms with Crippen LogP contribution in [0.2, 0.25) is 0 Å². The topological polar surface area (TPSA) is 120 Å². The predicted octanol–water partition coefficient (Wildman–Crippen LogP) is 4.26. The van der Waals surface area contributed by atoms with E-state index in [4.69, 9.17) is 9.47 Å². The zero-order chi connectivity index (χ0) is 28.6. The molecule has 1 aromatic heterocycles. The Morgan fingerprint density at radius 2 is 1.44 bits per heavy atom. The summed E-state index contributed by atoms with van der Waals surface area (Å²) in [6.45, 7) is 0.142. The number of esters is 1. The molecular formula is C32H30N4O5. The van der Waals surface area contributed by atoms with E-state index in [1.165, 1.54) is 13.3 Å². The van der Waals surface area contributed by atoms with E-state index in [-0.39, 0.29) is 41.8 Å². The molecular weight excluding hydrogens is 520 g/mol. The Labute approximate surface area is 237 Å². The standard InChI is InChI=1S/C32H30N4O5/c1-40-32(39)24-17-25(18-24)34-30(38)28-33-19-26(31(36-28)41-20-21-11-5-2-6-12-21)29(37)35-27(22-13-7-3-8-14-22)23-15-9-4-10-16-23/h2-16,19,24-25,27H,17-18,20H2,1H3,(H,34,38)(H,35,37)/t24-,25-. The number of benzene rings is 3. The molecule has 0 radical (unpaired) electrons. The molecule has 0 aliphatic heterocycles. The maximum atomic E-state index is 13.7. The zero-order valence-electron chi connectivity index (χ0n) is 22.5. The van der Waals surface area contributed by atoms with Crippen molar-refractivity contribution in [3.63, 3.8) is 0 Å². The number of hydrogen-bond acceptors (Lipinski definition) is 7. The van der Waals surface area contributed by atoms with Crippen LogP contribution in [0, 0.1) is 5.92 Å². The molecule has 1 aliphatic rings. The van der Waals surface area contributed by atoms with Crippen molar-refractivity contribution in [3.05, 3.63) is 125 Å². The third-order valence-electron chi connectivity index (χ3n) is 6.97. The molecule has 41 heavy (non-hydrogen) atoms. The van der Waals surface area contributed by atoms with Crippen LogP contribution in [0.3, 0.4) is 0 Å². The quantitative estimate of drug-likeness (QED) is 0.283. The first kappa shape index (κ1) is 27.5. The van der Waals surface area contributed by atoms with E-state index >= 15 is 0 Å². The number of methoxy groups -OCH3 is 1. The average Bonchev–Trinajstić information content (AvgIpc) is 3.01. The van der Waals surface area contributed by atoms with Crippen LogP contribution < -0.4 is 15.4 Å². The Hall–Kier alpha value is -5.05. The number of ether oxygens (including phenoxy) is 2. The van der Waals surface area contributed by atoms with Crippen LogP contribution in [-0.2, 0) is 16.1 Å². The maximum absolute atomic E-state index is 13.7. The van der Waals surface area contributed by atoms with Crippen molar-refractivity contribution in [2.75, 3.05) is 7.11 Å². The zero-order valence-corrected chi connectivity index (χ0v) is 22.5. The molecule has 0 saturated heterocycles. The summed E-state index contributed by atoms with van der Waals surface area (Å²) in [7, 11) is 1.35. The first-order valence-corrected chi connectivity index (χ1v) is 13.3. The van der Waals surface area contributed by atoms with E-state index in [1.54, 1.807) is 0 Å². The first-order valence-electron chi connectivity index (χ1n) is 13.3. The number of nitrogens with zero attached hydrogens (tertiary/aromatic N) is 2. The van der Waals surface area contributed by atoms with Gasteiger partial charge in [0.25, 0.3) is 11.8 Å². The molecule has 1 saturated carbocycles. The summed E-state index contributed by atoms with van der Waals surface area (Å²) in [6.07, 6.45) is 2.27. The van der Waals surface area contributed by atoms with Gasteiger partial charge in [0.1, 0.15) is 12.2 Å². The van der Waals surface area contributed by atoms with E-state index in [2.05, 4.69) is 20.6 Å². The molecule has 1 heterocycles. The van der Waals surface area contributed by atoms with Crippen molar-refractivity contribution in [1.29, 1.82) is 0 Å². The minimum Gasteiger partial charge on any atom is -0.472 e. The van der Waals surface area contributed by atoms with Gasteiger partial charge in [-0.2, -0.15) is 4.98 Å². The summed E-state index contributed by atoms with van der Waals surface area (Å²) in [5.74, 6) is -1.62. The van der Waals surface area contributed by atoms with Gasteiger partial charge in [0.05, 0.1) is 19.1 Å². The second kappa shape index (κ2) is 12.9. The second-order valence-electron chi connectivity index (χ2n) is 9.78. The van der Waals surface area contributed by atoms with Gasteiger partial charge in [0.2, 0.25) is 11.7 Å². The van der Waals surface area contributed by atoms with Crippen LogP contribution in [-0.4, -0.2) is 40.9 Å². The highest BCUT2D eigenvalue weighted by molar-refractivity contribution is 5.97. The summed E-state index contributed by atoms with van der Waals surface area (Å²) in [4.78, 5) is 46.8. The monoisotopic (exact) mass is 550 g/mol. The maximum Gasteiger partial charge on any atom is 0.308 e. The predicted molar refractivity (Wildman–Crippen MR) is 151 cm³/mol. The lowest BCUT2D eigenvalue weighted by atomic mass is 9.80. The van der Waals surface area contributed by atoms with E-state index in [9.17, 15) is 14.4 Å². The lowest BCUT2D eigenvalue weighted by molar-refractivity contribution is -0.149. The van der Waals surface area contributed by atoms with Gasteiger partial charge in [0, 0.05) is 12.2 Å². The van der Waals surface area contributed by atoms with Gasteiger partial charge >= 0.3 is 5.97 Å². The fourth-order valence-corrected chi connectivity index (χ4v) is 4.67. The number of nitrogens with one attached hydrogen (secondary N) is 2. The smallest absolute Gasteiger partial charge is 0.308 e. The van der Waals surface area contributed by atoms with Crippen molar-refractivity contribution < 1.29 is 23.9 Å². The Bertz CT molecular complexity index is 1450. The van der Waals surface area contributed by atoms with Crippen LogP contribution in [0.4, 0.5) is 0 Å². The van der Waals surface area contributed by atoms with E-state index < -0.39 is 17.9 Å². The van der Waals surface area contributed by atoms with Crippen molar-refractivity contribution in [3.8, 4) is 5.88 Å². The first-order chi connectivity index (χ1) is 20.0. The largest absolute Gasteiger partial charge is 0.472 e. The average molecular weight is 551 g/mol. The molecule has 1 aliphatic carbocycles. The number of aromatic nitrogens is 2. The van der Waals surface area contributed by atoms with Gasteiger partial charge in [-0.15, -0.1) is 0 Å². The lowest BCUT2D eigenvalue weighted by Crippen LogP contribution is -2.47. The minimum atomic E-state index is -0.513. The van der Waals surface area contributed by atoms with Gasteiger partial charge in [-0.1, -0.05) is 91.0 Å². The van der Waals surface area contributed by atoms with Crippen LogP contribution in [0.1, 0.15) is 56.6 Å². The van der Waals surface area contributed by atoms with Crippen LogP contribution in [0.25, 0.3) is 0 Å². The van der Waals surface area contributed by atoms with Crippen molar-refractivity contribution in [2.24, 2.45) is 5.92 Å². The van der Waals surface area contributed by atoms with Gasteiger partial charge in [-0.05, 0) is 29.5 Å². The molecule has 9 nitrogen and oxygen atoms in total. The summed E-state index contributed by atoms with van der Waals surface area (Å²) in [5.41, 5.74) is 2.78. The third kappa shape index (κ3) is 6.75. The van der Waals surface area contributed by atoms with Crippen LogP contribution in [0.15, 0.2) is 97.2 Å². The SMILES string of the molecule is COC(=O)[C@H]1C[C@H](NC(=O)c2ncc(C(=O)NC(c3ccccc3)c3ccccc3)c(OCc3ccccc3)n2)C1. The molecule has 3 aromatic carbocycles. The van der Waals surface area contributed by atoms with Crippen molar-refractivity contribution >= 4 is 17.8 Å². The molecule has 0 bridgehead atoms. The normalized spacial score (nSPS) is 15.9. The number of carbonyl (C=O) groups is 3. The van der Waals surface area contributed by atoms with E-state index in [0.29, 0.717) is 12.8 Å². The minimum absolute atomic E-state index is 0.00702. The molecule has 9 heteroatoms. The number of hydrogen-bond donors (Lipinski definition) is 2. The van der Waals surface area contributed by atoms with Crippen molar-refractivity contribution in [2.45, 2.75) is 31.5 Å². The second-order valence-corrected chi connectivity index (χ2v) is 9.78. The fourth-order valence-electron chi connectivity index (χ4n) is 4.67. The molecule has 0 unspecified atom stereocenters. The van der Waals surface area contributed by atoms with E-state index in [1.807, 2.05) is 91.0 Å². The van der Waals surface area contributed by atoms with Crippen molar-refractivity contribution in [1.82, 2.24) is 20.6 Å². The lowest BCUT2D eigenvalue weighted by Gasteiger charge is -2.33. The van der Waals surface area contributed by atoms with Gasteiger partial charge in [0.15, 0.2) is 0 Å². The summed E-state index contributed by atoms with van der Waals surface area (Å²) >= 11 is 0. The molecule has 2 N–H and O–H groups in total. The number of carbonyl (C=O) groups excluding carboxylic acids is 3. The summed E-state index contributed by atoms with van der Waals surface area (Å²) in [5, 5.41) is 5.92. The van der Waals surface area contributed by atoms with Gasteiger partial charge < -0.3 is 20.1 Å². The number of rotatable bonds is 10. The molecule has 1 fully saturated rings. The number of amides is 2. The Morgan fingerprint density at radius 3 is 2.02 bits per heavy atom. The molecule has 4 aromatic rings. The highest BCUT2D eigenvalue weighted by Gasteiger charge is 2.36. The summed E-state index contributed by atoms with van der Waals surface area (Å²) in [6, 6.07) is 28.1. The Kier molecular flexibility index (Phi) is 8.64. The Balaban J connectivity index is 1.38. The van der Waals surface area contributed by atoms with E-state index in [0.717, 1.165) is 16.7 Å². The highest BCUT2D eigenvalue weighted by Crippen LogP contribution is 2.29. The molecule has 0 atom stereocenters. The van der Waals surface area contributed by atoms with Crippen LogP contribution >= 0.6 is 0 Å². The Morgan fingerprint density at radius 1 is 0.854 bits per heavy atom. The molecule has 208 valence electrons. The summed E-state index contributed by atoms with van der Waals surface area (Å²) < 4.78 is 10.7. The molecule has 2 amide bonds. The van der Waals surface area contributed by atoms with Gasteiger partial charge in [-0.3, -0.25) is 14.4 Å². The molecule has 5 rings (SSSR count). The highest BCUT2D eigenvalue weighted by atomic mass is 16.5. The van der Waals surface area contributed by atoms with Crippen LogP contribution in [0.5, 0.6) is 5.88 Å².